The molecule has 0 saturated heterocycles. The van der Waals surface area contributed by atoms with Crippen molar-refractivity contribution in [1.29, 1.82) is 0 Å². The molecule has 2 N–H and O–H groups in total. The zero-order valence-corrected chi connectivity index (χ0v) is 10.8. The van der Waals surface area contributed by atoms with Crippen LogP contribution < -0.4 is 5.14 Å². The molecule has 0 spiro atoms. The van der Waals surface area contributed by atoms with Crippen molar-refractivity contribution in [2.75, 3.05) is 0 Å². The van der Waals surface area contributed by atoms with E-state index in [0.717, 1.165) is 6.42 Å². The normalized spacial score (nSPS) is 14.4. The number of rotatable bonds is 4. The molecular formula is C9H18N4O2S. The monoisotopic (exact) mass is 246 g/mol. The van der Waals surface area contributed by atoms with Crippen LogP contribution in [0.25, 0.3) is 0 Å². The summed E-state index contributed by atoms with van der Waals surface area (Å²) < 4.78 is 24.3. The van der Waals surface area contributed by atoms with Crippen LogP contribution in [0.15, 0.2) is 5.16 Å². The van der Waals surface area contributed by atoms with Gasteiger partial charge in [-0.1, -0.05) is 13.8 Å². The second-order valence-electron chi connectivity index (χ2n) is 4.16. The van der Waals surface area contributed by atoms with Gasteiger partial charge in [-0.15, -0.1) is 10.2 Å². The van der Waals surface area contributed by atoms with E-state index in [4.69, 9.17) is 5.14 Å². The van der Waals surface area contributed by atoms with Gasteiger partial charge in [-0.25, -0.2) is 13.6 Å². The molecule has 7 heteroatoms. The predicted molar refractivity (Wildman–Crippen MR) is 60.5 cm³/mol. The van der Waals surface area contributed by atoms with E-state index in [1.54, 1.807) is 4.57 Å². The summed E-state index contributed by atoms with van der Waals surface area (Å²) in [5, 5.41) is 12.6. The Morgan fingerprint density at radius 1 is 1.31 bits per heavy atom. The lowest BCUT2D eigenvalue weighted by Crippen LogP contribution is -2.21. The maximum absolute atomic E-state index is 11.3. The van der Waals surface area contributed by atoms with Gasteiger partial charge in [-0.05, 0) is 20.3 Å². The Bertz CT molecular complexity index is 464. The molecule has 16 heavy (non-hydrogen) atoms. The third-order valence-corrected chi connectivity index (χ3v) is 3.30. The Morgan fingerprint density at radius 2 is 1.88 bits per heavy atom. The number of nitrogens with two attached hydrogens (primary N) is 1. The number of aromatic nitrogens is 3. The first kappa shape index (κ1) is 13.1. The molecule has 92 valence electrons. The lowest BCUT2D eigenvalue weighted by molar-refractivity contribution is 0.486. The summed E-state index contributed by atoms with van der Waals surface area (Å²) in [6.07, 6.45) is 0.871. The first-order valence-electron chi connectivity index (χ1n) is 5.26. The van der Waals surface area contributed by atoms with Gasteiger partial charge < -0.3 is 0 Å². The average molecular weight is 246 g/mol. The summed E-state index contributed by atoms with van der Waals surface area (Å²) in [4.78, 5) is 0. The first-order valence-corrected chi connectivity index (χ1v) is 6.81. The lowest BCUT2D eigenvalue weighted by Gasteiger charge is -2.15. The highest BCUT2D eigenvalue weighted by Gasteiger charge is 2.24. The van der Waals surface area contributed by atoms with Gasteiger partial charge in [0.1, 0.15) is 5.82 Å². The van der Waals surface area contributed by atoms with Gasteiger partial charge in [-0.2, -0.15) is 0 Å². The van der Waals surface area contributed by atoms with E-state index in [1.165, 1.54) is 0 Å². The Hall–Kier alpha value is -0.950. The topological polar surface area (TPSA) is 90.9 Å². The van der Waals surface area contributed by atoms with Crippen LogP contribution in [0.4, 0.5) is 0 Å². The van der Waals surface area contributed by atoms with E-state index in [-0.39, 0.29) is 17.1 Å². The molecule has 0 amide bonds. The average Bonchev–Trinajstić information content (AvgIpc) is 2.59. The molecule has 6 nitrogen and oxygen atoms in total. The van der Waals surface area contributed by atoms with Crippen molar-refractivity contribution in [1.82, 2.24) is 14.8 Å². The highest BCUT2D eigenvalue weighted by molar-refractivity contribution is 7.89. The summed E-state index contributed by atoms with van der Waals surface area (Å²) in [5.41, 5.74) is 0. The van der Waals surface area contributed by atoms with E-state index >= 15 is 0 Å². The minimum absolute atomic E-state index is 0.0349. The Morgan fingerprint density at radius 3 is 2.25 bits per heavy atom. The van der Waals surface area contributed by atoms with Crippen molar-refractivity contribution >= 4 is 10.0 Å². The largest absolute Gasteiger partial charge is 0.298 e. The molecule has 0 fully saturated rings. The van der Waals surface area contributed by atoms with Crippen molar-refractivity contribution < 1.29 is 8.42 Å². The van der Waals surface area contributed by atoms with Gasteiger partial charge in [0.25, 0.3) is 15.2 Å². The highest BCUT2D eigenvalue weighted by atomic mass is 32.2. The van der Waals surface area contributed by atoms with Gasteiger partial charge in [0, 0.05) is 12.0 Å². The van der Waals surface area contributed by atoms with Crippen molar-refractivity contribution in [2.24, 2.45) is 5.14 Å². The molecule has 0 radical (unpaired) electrons. The highest BCUT2D eigenvalue weighted by Crippen LogP contribution is 2.22. The minimum Gasteiger partial charge on any atom is -0.298 e. The molecule has 0 aliphatic heterocycles. The summed E-state index contributed by atoms with van der Waals surface area (Å²) in [5.74, 6) is 0.826. The molecular weight excluding hydrogens is 228 g/mol. The quantitative estimate of drug-likeness (QED) is 0.858. The molecule has 1 rings (SSSR count). The minimum atomic E-state index is -3.81. The van der Waals surface area contributed by atoms with Gasteiger partial charge >= 0.3 is 0 Å². The van der Waals surface area contributed by atoms with Gasteiger partial charge in [0.15, 0.2) is 0 Å². The van der Waals surface area contributed by atoms with E-state index < -0.39 is 10.0 Å². The van der Waals surface area contributed by atoms with E-state index in [1.807, 2.05) is 27.7 Å². The third-order valence-electron chi connectivity index (χ3n) is 2.51. The zero-order valence-electron chi connectivity index (χ0n) is 10.0. The maximum Gasteiger partial charge on any atom is 0.273 e. The molecule has 0 aromatic carbocycles. The number of hydrogen-bond donors (Lipinski definition) is 1. The standard InChI is InChI=1S/C9H18N4O2S/c1-5-7(4)8-11-12-9(16(10,14)15)13(8)6(2)3/h6-7H,5H2,1-4H3,(H2,10,14,15). The molecule has 0 aliphatic rings. The van der Waals surface area contributed by atoms with E-state index in [9.17, 15) is 8.42 Å². The van der Waals surface area contributed by atoms with Crippen LogP contribution in [0, 0.1) is 0 Å². The zero-order chi connectivity index (χ0) is 12.5. The molecule has 1 aromatic heterocycles. The second-order valence-corrected chi connectivity index (χ2v) is 5.61. The summed E-state index contributed by atoms with van der Waals surface area (Å²) >= 11 is 0. The van der Waals surface area contributed by atoms with Gasteiger partial charge in [0.05, 0.1) is 0 Å². The number of primary sulfonamides is 1. The van der Waals surface area contributed by atoms with Crippen LogP contribution in [0.2, 0.25) is 0 Å². The van der Waals surface area contributed by atoms with Crippen molar-refractivity contribution in [3.63, 3.8) is 0 Å². The summed E-state index contributed by atoms with van der Waals surface area (Å²) in [6.45, 7) is 7.75. The Balaban J connectivity index is 3.40. The Labute approximate surface area is 95.9 Å². The molecule has 0 aliphatic carbocycles. The summed E-state index contributed by atoms with van der Waals surface area (Å²) in [7, 11) is -3.81. The van der Waals surface area contributed by atoms with Gasteiger partial charge in [0.2, 0.25) is 0 Å². The fourth-order valence-electron chi connectivity index (χ4n) is 1.49. The molecule has 1 atom stereocenters. The molecule has 1 aromatic rings. The molecule has 0 saturated carbocycles. The maximum atomic E-state index is 11.3. The van der Waals surface area contributed by atoms with Crippen LogP contribution >= 0.6 is 0 Å². The van der Waals surface area contributed by atoms with Crippen LogP contribution in [0.5, 0.6) is 0 Å². The smallest absolute Gasteiger partial charge is 0.273 e. The molecule has 1 unspecified atom stereocenters. The SMILES string of the molecule is CCC(C)c1nnc(S(N)(=O)=O)n1C(C)C. The van der Waals surface area contributed by atoms with E-state index in [0.29, 0.717) is 5.82 Å². The van der Waals surface area contributed by atoms with Crippen molar-refractivity contribution in [2.45, 2.75) is 51.2 Å². The number of hydrogen-bond acceptors (Lipinski definition) is 4. The molecule has 1 heterocycles. The third kappa shape index (κ3) is 2.41. The summed E-state index contributed by atoms with van der Waals surface area (Å²) in [6, 6.07) is -0.0349. The lowest BCUT2D eigenvalue weighted by atomic mass is 10.1. The number of nitrogens with zero attached hydrogens (tertiary/aromatic N) is 3. The van der Waals surface area contributed by atoms with Crippen LogP contribution in [-0.2, 0) is 10.0 Å². The van der Waals surface area contributed by atoms with Crippen LogP contribution in [0.1, 0.15) is 51.9 Å². The first-order chi connectivity index (χ1) is 7.29. The van der Waals surface area contributed by atoms with E-state index in [2.05, 4.69) is 10.2 Å². The molecule has 0 bridgehead atoms. The van der Waals surface area contributed by atoms with Gasteiger partial charge in [-0.3, -0.25) is 4.57 Å². The van der Waals surface area contributed by atoms with Crippen molar-refractivity contribution in [3.05, 3.63) is 5.82 Å². The van der Waals surface area contributed by atoms with Crippen molar-refractivity contribution in [3.8, 4) is 0 Å². The van der Waals surface area contributed by atoms with Crippen LogP contribution in [0.3, 0.4) is 0 Å². The fourth-order valence-corrected chi connectivity index (χ4v) is 2.22. The predicted octanol–water partition coefficient (Wildman–Crippen LogP) is 1.02. The Kier molecular flexibility index (Phi) is 3.69. The van der Waals surface area contributed by atoms with Crippen LogP contribution in [-0.4, -0.2) is 23.2 Å². The second kappa shape index (κ2) is 4.50. The fraction of sp³-hybridized carbons (Fsp3) is 0.778. The number of sulfonamides is 1.